The molecule has 5 nitrogen and oxygen atoms in total. The number of nitrogens with zero attached hydrogens (tertiary/aromatic N) is 3. The highest BCUT2D eigenvalue weighted by molar-refractivity contribution is 5.90. The number of aromatic nitrogens is 2. The highest BCUT2D eigenvalue weighted by Crippen LogP contribution is 2.23. The van der Waals surface area contributed by atoms with Crippen LogP contribution < -0.4 is 10.6 Å². The fourth-order valence-corrected chi connectivity index (χ4v) is 2.36. The summed E-state index contributed by atoms with van der Waals surface area (Å²) < 4.78 is 13.3. The van der Waals surface area contributed by atoms with Gasteiger partial charge in [-0.3, -0.25) is 0 Å². The van der Waals surface area contributed by atoms with E-state index in [0.29, 0.717) is 11.6 Å². The first-order chi connectivity index (χ1) is 11.6. The molecule has 0 saturated carbocycles. The molecule has 0 fully saturated rings. The van der Waals surface area contributed by atoms with Crippen LogP contribution in [0.25, 0.3) is 10.9 Å². The zero-order valence-electron chi connectivity index (χ0n) is 13.8. The van der Waals surface area contributed by atoms with Gasteiger partial charge < -0.3 is 15.5 Å². The average molecular weight is 325 g/mol. The molecule has 124 valence electrons. The maximum Gasteiger partial charge on any atom is 0.229 e. The summed E-state index contributed by atoms with van der Waals surface area (Å²) in [5.74, 6) is 0.901. The van der Waals surface area contributed by atoms with Gasteiger partial charge in [0.1, 0.15) is 11.6 Å². The van der Waals surface area contributed by atoms with Gasteiger partial charge in [-0.25, -0.2) is 9.37 Å². The second-order valence-electron chi connectivity index (χ2n) is 5.78. The van der Waals surface area contributed by atoms with Crippen molar-refractivity contribution in [1.82, 2.24) is 14.9 Å². The van der Waals surface area contributed by atoms with Crippen molar-refractivity contribution in [3.8, 4) is 0 Å². The molecule has 3 rings (SSSR count). The van der Waals surface area contributed by atoms with Crippen LogP contribution >= 0.6 is 0 Å². The molecular formula is C18H20FN5. The Kier molecular flexibility index (Phi) is 4.86. The van der Waals surface area contributed by atoms with Crippen LogP contribution in [0.1, 0.15) is 0 Å². The first-order valence-corrected chi connectivity index (χ1v) is 7.80. The largest absolute Gasteiger partial charge is 0.368 e. The Morgan fingerprint density at radius 1 is 1.04 bits per heavy atom. The van der Waals surface area contributed by atoms with E-state index in [2.05, 4.69) is 25.5 Å². The zero-order chi connectivity index (χ0) is 16.9. The van der Waals surface area contributed by atoms with E-state index in [-0.39, 0.29) is 5.82 Å². The van der Waals surface area contributed by atoms with E-state index in [1.165, 1.54) is 12.1 Å². The van der Waals surface area contributed by atoms with Crippen LogP contribution in [0.2, 0.25) is 0 Å². The summed E-state index contributed by atoms with van der Waals surface area (Å²) in [6.45, 7) is 1.67. The van der Waals surface area contributed by atoms with Crippen LogP contribution in [0.5, 0.6) is 0 Å². The Hall–Kier alpha value is -2.73. The van der Waals surface area contributed by atoms with Crippen LogP contribution in [-0.4, -0.2) is 42.1 Å². The van der Waals surface area contributed by atoms with Crippen molar-refractivity contribution in [3.05, 3.63) is 54.3 Å². The molecule has 3 aromatic rings. The molecule has 0 atom stereocenters. The zero-order valence-corrected chi connectivity index (χ0v) is 13.8. The molecule has 0 saturated heterocycles. The van der Waals surface area contributed by atoms with Gasteiger partial charge in [0.2, 0.25) is 5.95 Å². The smallest absolute Gasteiger partial charge is 0.229 e. The standard InChI is InChI=1S/C18H20FN5/c1-24(2)11-10-20-17-15-8-3-4-9-16(15)22-18(23-17)21-14-7-5-6-13(19)12-14/h3-9,12H,10-11H2,1-2H3,(H2,20,21,22,23). The van der Waals surface area contributed by atoms with Gasteiger partial charge in [-0.2, -0.15) is 4.98 Å². The SMILES string of the molecule is CN(C)CCNc1nc(Nc2cccc(F)c2)nc2ccccc12. The van der Waals surface area contributed by atoms with E-state index in [4.69, 9.17) is 0 Å². The maximum absolute atomic E-state index is 13.3. The lowest BCUT2D eigenvalue weighted by Gasteiger charge is -2.14. The third-order valence-corrected chi connectivity index (χ3v) is 3.54. The number of hydrogen-bond donors (Lipinski definition) is 2. The number of rotatable bonds is 6. The predicted molar refractivity (Wildman–Crippen MR) is 96.3 cm³/mol. The molecule has 1 aromatic heterocycles. The number of benzene rings is 2. The summed E-state index contributed by atoms with van der Waals surface area (Å²) in [7, 11) is 4.05. The molecule has 6 heteroatoms. The third kappa shape index (κ3) is 3.97. The number of para-hydroxylation sites is 1. The molecule has 24 heavy (non-hydrogen) atoms. The summed E-state index contributed by atoms with van der Waals surface area (Å²) in [6, 6.07) is 14.1. The molecule has 1 heterocycles. The van der Waals surface area contributed by atoms with Gasteiger partial charge in [-0.15, -0.1) is 0 Å². The van der Waals surface area contributed by atoms with Crippen LogP contribution in [-0.2, 0) is 0 Å². The Morgan fingerprint density at radius 3 is 2.67 bits per heavy atom. The van der Waals surface area contributed by atoms with Crippen LogP contribution in [0, 0.1) is 5.82 Å². The van der Waals surface area contributed by atoms with Gasteiger partial charge in [-0.1, -0.05) is 18.2 Å². The van der Waals surface area contributed by atoms with Gasteiger partial charge >= 0.3 is 0 Å². The summed E-state index contributed by atoms with van der Waals surface area (Å²) >= 11 is 0. The first-order valence-electron chi connectivity index (χ1n) is 7.80. The van der Waals surface area contributed by atoms with Crippen LogP contribution in [0.3, 0.4) is 0 Å². The highest BCUT2D eigenvalue weighted by Gasteiger charge is 2.08. The fraction of sp³-hybridized carbons (Fsp3) is 0.222. The van der Waals surface area contributed by atoms with Crippen molar-refractivity contribution in [2.24, 2.45) is 0 Å². The Morgan fingerprint density at radius 2 is 1.88 bits per heavy atom. The number of fused-ring (bicyclic) bond motifs is 1. The van der Waals surface area contributed by atoms with Crippen LogP contribution in [0.4, 0.5) is 21.8 Å². The predicted octanol–water partition coefficient (Wildman–Crippen LogP) is 3.49. The van der Waals surface area contributed by atoms with Crippen molar-refractivity contribution in [3.63, 3.8) is 0 Å². The normalized spacial score (nSPS) is 11.0. The van der Waals surface area contributed by atoms with Gasteiger partial charge in [0.05, 0.1) is 5.52 Å². The van der Waals surface area contributed by atoms with E-state index < -0.39 is 0 Å². The number of likely N-dealkylation sites (N-methyl/N-ethyl adjacent to an activating group) is 1. The topological polar surface area (TPSA) is 53.1 Å². The lowest BCUT2D eigenvalue weighted by molar-refractivity contribution is 0.425. The van der Waals surface area contributed by atoms with Crippen molar-refractivity contribution >= 4 is 28.4 Å². The molecule has 2 aromatic carbocycles. The van der Waals surface area contributed by atoms with Gasteiger partial charge in [-0.05, 0) is 44.4 Å². The summed E-state index contributed by atoms with van der Waals surface area (Å²) in [6.07, 6.45) is 0. The number of anilines is 3. The lowest BCUT2D eigenvalue weighted by atomic mass is 10.2. The second-order valence-corrected chi connectivity index (χ2v) is 5.78. The van der Waals surface area contributed by atoms with Crippen molar-refractivity contribution in [2.75, 3.05) is 37.8 Å². The van der Waals surface area contributed by atoms with Gasteiger partial charge in [0.15, 0.2) is 0 Å². The van der Waals surface area contributed by atoms with Crippen LogP contribution in [0.15, 0.2) is 48.5 Å². The summed E-state index contributed by atoms with van der Waals surface area (Å²) in [5, 5.41) is 7.37. The summed E-state index contributed by atoms with van der Waals surface area (Å²) in [5.41, 5.74) is 1.45. The van der Waals surface area contributed by atoms with Crippen molar-refractivity contribution in [1.29, 1.82) is 0 Å². The van der Waals surface area contributed by atoms with E-state index in [1.54, 1.807) is 12.1 Å². The molecule has 0 aliphatic carbocycles. The minimum Gasteiger partial charge on any atom is -0.368 e. The monoisotopic (exact) mass is 325 g/mol. The minimum atomic E-state index is -0.301. The lowest BCUT2D eigenvalue weighted by Crippen LogP contribution is -2.21. The number of halogens is 1. The maximum atomic E-state index is 13.3. The fourth-order valence-electron chi connectivity index (χ4n) is 2.36. The molecule has 0 spiro atoms. The Labute approximate surface area is 140 Å². The molecule has 0 amide bonds. The molecule has 0 unspecified atom stereocenters. The molecule has 2 N–H and O–H groups in total. The van der Waals surface area contributed by atoms with Gasteiger partial charge in [0.25, 0.3) is 0 Å². The number of nitrogens with one attached hydrogen (secondary N) is 2. The Balaban J connectivity index is 1.90. The first kappa shape index (κ1) is 16.1. The third-order valence-electron chi connectivity index (χ3n) is 3.54. The minimum absolute atomic E-state index is 0.301. The molecular weight excluding hydrogens is 305 g/mol. The van der Waals surface area contributed by atoms with E-state index >= 15 is 0 Å². The highest BCUT2D eigenvalue weighted by atomic mass is 19.1. The molecule has 0 aliphatic heterocycles. The van der Waals surface area contributed by atoms with Gasteiger partial charge in [0, 0.05) is 24.2 Å². The van der Waals surface area contributed by atoms with E-state index in [9.17, 15) is 4.39 Å². The van der Waals surface area contributed by atoms with Crippen molar-refractivity contribution < 1.29 is 4.39 Å². The molecule has 0 aliphatic rings. The molecule has 0 radical (unpaired) electrons. The quantitative estimate of drug-likeness (QED) is 0.727. The van der Waals surface area contributed by atoms with E-state index in [1.807, 2.05) is 38.4 Å². The number of hydrogen-bond acceptors (Lipinski definition) is 5. The molecule has 0 bridgehead atoms. The average Bonchev–Trinajstić information content (AvgIpc) is 2.54. The Bertz CT molecular complexity index is 835. The summed E-state index contributed by atoms with van der Waals surface area (Å²) in [4.78, 5) is 11.2. The van der Waals surface area contributed by atoms with Crippen molar-refractivity contribution in [2.45, 2.75) is 0 Å². The second kappa shape index (κ2) is 7.23. The van der Waals surface area contributed by atoms with E-state index in [0.717, 1.165) is 29.8 Å².